The standard InChI is InChI=1S/C16H25ClFNO/c1-12(2)8-14(11-19-6-7-20-3)9-13-4-5-16(18)15(17)10-13/h4-5,10,12,14,19H,6-9,11H2,1-3H3. The van der Waals surface area contributed by atoms with Gasteiger partial charge in [0.05, 0.1) is 11.6 Å². The van der Waals surface area contributed by atoms with Crippen LogP contribution in [-0.4, -0.2) is 26.8 Å². The summed E-state index contributed by atoms with van der Waals surface area (Å²) in [4.78, 5) is 0. The number of hydrogen-bond acceptors (Lipinski definition) is 2. The summed E-state index contributed by atoms with van der Waals surface area (Å²) in [5.41, 5.74) is 1.09. The molecule has 0 saturated carbocycles. The maximum Gasteiger partial charge on any atom is 0.141 e. The van der Waals surface area contributed by atoms with E-state index < -0.39 is 0 Å². The summed E-state index contributed by atoms with van der Waals surface area (Å²) in [5, 5.41) is 3.61. The van der Waals surface area contributed by atoms with Gasteiger partial charge in [0.15, 0.2) is 0 Å². The minimum Gasteiger partial charge on any atom is -0.383 e. The number of hydrogen-bond donors (Lipinski definition) is 1. The number of rotatable bonds is 9. The fourth-order valence-electron chi connectivity index (χ4n) is 2.39. The molecule has 1 aromatic rings. The van der Waals surface area contributed by atoms with E-state index in [0.717, 1.165) is 38.1 Å². The molecule has 0 bridgehead atoms. The molecule has 0 aromatic heterocycles. The Kier molecular flexibility index (Phi) is 8.12. The largest absolute Gasteiger partial charge is 0.383 e. The molecule has 1 aromatic carbocycles. The molecule has 0 radical (unpaired) electrons. The van der Waals surface area contributed by atoms with Crippen molar-refractivity contribution in [2.45, 2.75) is 26.7 Å². The molecule has 0 aliphatic carbocycles. The Morgan fingerprint density at radius 3 is 2.70 bits per heavy atom. The molecule has 0 spiro atoms. The molecule has 0 heterocycles. The number of ether oxygens (including phenoxy) is 1. The smallest absolute Gasteiger partial charge is 0.141 e. The van der Waals surface area contributed by atoms with Gasteiger partial charge in [-0.2, -0.15) is 0 Å². The van der Waals surface area contributed by atoms with Crippen molar-refractivity contribution in [3.63, 3.8) is 0 Å². The Bertz CT molecular complexity index is 398. The SMILES string of the molecule is COCCNCC(Cc1ccc(F)c(Cl)c1)CC(C)C. The van der Waals surface area contributed by atoms with Gasteiger partial charge >= 0.3 is 0 Å². The van der Waals surface area contributed by atoms with E-state index in [4.69, 9.17) is 16.3 Å². The summed E-state index contributed by atoms with van der Waals surface area (Å²) in [5.74, 6) is 0.808. The normalized spacial score (nSPS) is 12.9. The summed E-state index contributed by atoms with van der Waals surface area (Å²) in [7, 11) is 1.70. The quantitative estimate of drug-likeness (QED) is 0.698. The number of halogens is 2. The van der Waals surface area contributed by atoms with Crippen molar-refractivity contribution in [3.8, 4) is 0 Å². The van der Waals surface area contributed by atoms with Crippen LogP contribution >= 0.6 is 11.6 Å². The Labute approximate surface area is 126 Å². The van der Waals surface area contributed by atoms with Gasteiger partial charge in [0.25, 0.3) is 0 Å². The van der Waals surface area contributed by atoms with E-state index >= 15 is 0 Å². The van der Waals surface area contributed by atoms with Crippen molar-refractivity contribution in [1.29, 1.82) is 0 Å². The first-order valence-electron chi connectivity index (χ1n) is 7.16. The predicted molar refractivity (Wildman–Crippen MR) is 82.8 cm³/mol. The molecule has 0 aliphatic rings. The molecule has 0 aliphatic heterocycles. The van der Waals surface area contributed by atoms with Crippen LogP contribution in [0.4, 0.5) is 4.39 Å². The van der Waals surface area contributed by atoms with Gasteiger partial charge in [-0.25, -0.2) is 4.39 Å². The minimum absolute atomic E-state index is 0.207. The van der Waals surface area contributed by atoms with Crippen LogP contribution in [-0.2, 0) is 11.2 Å². The van der Waals surface area contributed by atoms with Crippen molar-refractivity contribution in [2.75, 3.05) is 26.8 Å². The molecule has 114 valence electrons. The molecule has 0 amide bonds. The molecule has 1 rings (SSSR count). The second kappa shape index (κ2) is 9.32. The molecule has 2 nitrogen and oxygen atoms in total. The van der Waals surface area contributed by atoms with Crippen molar-refractivity contribution in [3.05, 3.63) is 34.6 Å². The van der Waals surface area contributed by atoms with E-state index in [1.165, 1.54) is 6.07 Å². The van der Waals surface area contributed by atoms with Gasteiger partial charge in [0, 0.05) is 13.7 Å². The molecule has 1 unspecified atom stereocenters. The Morgan fingerprint density at radius 1 is 1.35 bits per heavy atom. The van der Waals surface area contributed by atoms with Gasteiger partial charge in [-0.05, 0) is 48.9 Å². The van der Waals surface area contributed by atoms with Crippen molar-refractivity contribution in [2.24, 2.45) is 11.8 Å². The van der Waals surface area contributed by atoms with Crippen LogP contribution in [0.2, 0.25) is 5.02 Å². The van der Waals surface area contributed by atoms with Crippen molar-refractivity contribution < 1.29 is 9.13 Å². The number of nitrogens with one attached hydrogen (secondary N) is 1. The third-order valence-corrected chi connectivity index (χ3v) is 3.52. The van der Waals surface area contributed by atoms with Crippen LogP contribution in [0.1, 0.15) is 25.8 Å². The van der Waals surface area contributed by atoms with Crippen LogP contribution in [0.5, 0.6) is 0 Å². The molecule has 20 heavy (non-hydrogen) atoms. The van der Waals surface area contributed by atoms with Crippen LogP contribution in [0.25, 0.3) is 0 Å². The topological polar surface area (TPSA) is 21.3 Å². The molecule has 0 saturated heterocycles. The zero-order valence-corrected chi connectivity index (χ0v) is 13.3. The van der Waals surface area contributed by atoms with Crippen LogP contribution < -0.4 is 5.32 Å². The predicted octanol–water partition coefficient (Wildman–Crippen LogP) is 3.92. The molecule has 4 heteroatoms. The average Bonchev–Trinajstić information content (AvgIpc) is 2.38. The Morgan fingerprint density at radius 2 is 2.10 bits per heavy atom. The summed E-state index contributed by atoms with van der Waals surface area (Å²) >= 11 is 5.84. The summed E-state index contributed by atoms with van der Waals surface area (Å²) < 4.78 is 18.2. The molecule has 1 N–H and O–H groups in total. The van der Waals surface area contributed by atoms with E-state index in [0.29, 0.717) is 11.8 Å². The highest BCUT2D eigenvalue weighted by Gasteiger charge is 2.12. The molecular weight excluding hydrogens is 277 g/mol. The highest BCUT2D eigenvalue weighted by atomic mass is 35.5. The highest BCUT2D eigenvalue weighted by Crippen LogP contribution is 2.21. The maximum atomic E-state index is 13.2. The summed E-state index contributed by atoms with van der Waals surface area (Å²) in [6.07, 6.45) is 2.05. The average molecular weight is 302 g/mol. The fraction of sp³-hybridized carbons (Fsp3) is 0.625. The fourth-order valence-corrected chi connectivity index (χ4v) is 2.59. The first kappa shape index (κ1) is 17.4. The lowest BCUT2D eigenvalue weighted by Crippen LogP contribution is -2.28. The van der Waals surface area contributed by atoms with E-state index in [-0.39, 0.29) is 10.8 Å². The lowest BCUT2D eigenvalue weighted by molar-refractivity contribution is 0.197. The van der Waals surface area contributed by atoms with E-state index in [9.17, 15) is 4.39 Å². The van der Waals surface area contributed by atoms with E-state index in [2.05, 4.69) is 19.2 Å². The van der Waals surface area contributed by atoms with Crippen LogP contribution in [0, 0.1) is 17.7 Å². The maximum absolute atomic E-state index is 13.2. The monoisotopic (exact) mass is 301 g/mol. The number of methoxy groups -OCH3 is 1. The zero-order chi connectivity index (χ0) is 15.0. The second-order valence-corrected chi connectivity index (χ2v) is 6.05. The minimum atomic E-state index is -0.353. The van der Waals surface area contributed by atoms with Crippen molar-refractivity contribution >= 4 is 11.6 Å². The zero-order valence-electron chi connectivity index (χ0n) is 12.6. The second-order valence-electron chi connectivity index (χ2n) is 5.65. The third kappa shape index (κ3) is 6.69. The lowest BCUT2D eigenvalue weighted by Gasteiger charge is -2.20. The van der Waals surface area contributed by atoms with Gasteiger partial charge in [0.1, 0.15) is 5.82 Å². The van der Waals surface area contributed by atoms with E-state index in [1.807, 2.05) is 6.07 Å². The van der Waals surface area contributed by atoms with Gasteiger partial charge in [0.2, 0.25) is 0 Å². The Hall–Kier alpha value is -0.640. The van der Waals surface area contributed by atoms with Crippen LogP contribution in [0.3, 0.4) is 0 Å². The van der Waals surface area contributed by atoms with Gasteiger partial charge in [-0.1, -0.05) is 31.5 Å². The van der Waals surface area contributed by atoms with Gasteiger partial charge in [-0.3, -0.25) is 0 Å². The first-order valence-corrected chi connectivity index (χ1v) is 7.54. The molecular formula is C16H25ClFNO. The first-order chi connectivity index (χ1) is 9.52. The highest BCUT2D eigenvalue weighted by molar-refractivity contribution is 6.30. The Balaban J connectivity index is 2.56. The number of benzene rings is 1. The molecule has 0 fully saturated rings. The van der Waals surface area contributed by atoms with E-state index in [1.54, 1.807) is 13.2 Å². The third-order valence-electron chi connectivity index (χ3n) is 3.23. The van der Waals surface area contributed by atoms with Gasteiger partial charge < -0.3 is 10.1 Å². The van der Waals surface area contributed by atoms with Crippen molar-refractivity contribution in [1.82, 2.24) is 5.32 Å². The van der Waals surface area contributed by atoms with Gasteiger partial charge in [-0.15, -0.1) is 0 Å². The summed E-state index contributed by atoms with van der Waals surface area (Å²) in [6.45, 7) is 6.96. The van der Waals surface area contributed by atoms with Crippen LogP contribution in [0.15, 0.2) is 18.2 Å². The lowest BCUT2D eigenvalue weighted by atomic mass is 9.91. The summed E-state index contributed by atoms with van der Waals surface area (Å²) in [6, 6.07) is 5.01. The molecule has 1 atom stereocenters.